The van der Waals surface area contributed by atoms with Crippen molar-refractivity contribution in [1.82, 2.24) is 5.32 Å². The minimum atomic E-state index is -0.392. The van der Waals surface area contributed by atoms with E-state index in [1.165, 1.54) is 12.0 Å². The highest BCUT2D eigenvalue weighted by atomic mass is 16.5. The van der Waals surface area contributed by atoms with Crippen LogP contribution >= 0.6 is 0 Å². The van der Waals surface area contributed by atoms with Gasteiger partial charge in [0.25, 0.3) is 0 Å². The molecule has 216 valence electrons. The van der Waals surface area contributed by atoms with E-state index in [9.17, 15) is 9.59 Å². The standard InChI is InChI=1S/C34H39NO6/c1-34-17-9-5-8-12-26(32(34)35-33(37)40-22-23-10-6-4-7-11-23)20-25-14-15-27(21-28(25)34)41-31(36)19-24-13-16-29(38-2)30(18-24)39-3/h4,6-7,10-11,13-16,18,21,26,32H,5,8-9,12,17,19-20,22H2,1-3H3,(H,35,37)/t26-,32-,34+/m0/s1. The average Bonchev–Trinajstić information content (AvgIpc) is 2.98. The summed E-state index contributed by atoms with van der Waals surface area (Å²) < 4.78 is 22.1. The van der Waals surface area contributed by atoms with Crippen molar-refractivity contribution in [1.29, 1.82) is 0 Å². The second-order valence-electron chi connectivity index (χ2n) is 11.3. The van der Waals surface area contributed by atoms with E-state index in [1.807, 2.05) is 48.5 Å². The molecule has 5 rings (SSSR count). The first-order valence-corrected chi connectivity index (χ1v) is 14.4. The van der Waals surface area contributed by atoms with Gasteiger partial charge in [-0.25, -0.2) is 4.79 Å². The van der Waals surface area contributed by atoms with Crippen LogP contribution in [-0.2, 0) is 34.4 Å². The molecule has 3 aromatic rings. The van der Waals surface area contributed by atoms with Crippen LogP contribution in [0.4, 0.5) is 4.79 Å². The molecule has 2 bridgehead atoms. The lowest BCUT2D eigenvalue weighted by Gasteiger charge is -2.49. The van der Waals surface area contributed by atoms with Crippen LogP contribution in [-0.4, -0.2) is 32.3 Å². The van der Waals surface area contributed by atoms with Crippen molar-refractivity contribution in [2.24, 2.45) is 5.92 Å². The summed E-state index contributed by atoms with van der Waals surface area (Å²) in [7, 11) is 3.15. The number of benzene rings is 3. The Bertz CT molecular complexity index is 1370. The number of carbonyl (C=O) groups is 2. The molecule has 2 aliphatic carbocycles. The summed E-state index contributed by atoms with van der Waals surface area (Å²) in [5.41, 5.74) is 3.82. The van der Waals surface area contributed by atoms with Gasteiger partial charge in [0.05, 0.1) is 20.6 Å². The Balaban J connectivity index is 1.33. The largest absolute Gasteiger partial charge is 0.493 e. The van der Waals surface area contributed by atoms with Gasteiger partial charge in [-0.1, -0.05) is 68.7 Å². The smallest absolute Gasteiger partial charge is 0.407 e. The van der Waals surface area contributed by atoms with E-state index >= 15 is 0 Å². The summed E-state index contributed by atoms with van der Waals surface area (Å²) in [5.74, 6) is 1.65. The van der Waals surface area contributed by atoms with Crippen molar-refractivity contribution in [3.05, 3.63) is 89.0 Å². The third kappa shape index (κ3) is 6.50. The fourth-order valence-corrected chi connectivity index (χ4v) is 6.54. The Morgan fingerprint density at radius 1 is 0.902 bits per heavy atom. The van der Waals surface area contributed by atoms with Gasteiger partial charge in [-0.2, -0.15) is 0 Å². The van der Waals surface area contributed by atoms with Gasteiger partial charge in [0.2, 0.25) is 0 Å². The molecule has 1 saturated carbocycles. The highest BCUT2D eigenvalue weighted by molar-refractivity contribution is 5.75. The van der Waals surface area contributed by atoms with Crippen LogP contribution in [0, 0.1) is 5.92 Å². The number of fused-ring (bicyclic) bond motifs is 4. The maximum atomic E-state index is 13.0. The van der Waals surface area contributed by atoms with E-state index in [0.29, 0.717) is 23.2 Å². The summed E-state index contributed by atoms with van der Waals surface area (Å²) in [4.78, 5) is 26.0. The molecule has 0 unspecified atom stereocenters. The van der Waals surface area contributed by atoms with E-state index in [4.69, 9.17) is 18.9 Å². The normalized spacial score (nSPS) is 21.4. The summed E-state index contributed by atoms with van der Waals surface area (Å²) in [6.45, 7) is 2.47. The van der Waals surface area contributed by atoms with Gasteiger partial charge in [-0.05, 0) is 71.7 Å². The first-order valence-electron chi connectivity index (χ1n) is 14.4. The van der Waals surface area contributed by atoms with E-state index in [-0.39, 0.29) is 30.5 Å². The maximum absolute atomic E-state index is 13.0. The molecule has 2 aliphatic rings. The molecule has 3 atom stereocenters. The van der Waals surface area contributed by atoms with Gasteiger partial charge >= 0.3 is 12.1 Å². The monoisotopic (exact) mass is 557 g/mol. The number of ether oxygens (including phenoxy) is 4. The molecule has 0 radical (unpaired) electrons. The summed E-state index contributed by atoms with van der Waals surface area (Å²) in [6.07, 6.45) is 5.97. The topological polar surface area (TPSA) is 83.1 Å². The number of nitrogens with one attached hydrogen (secondary N) is 1. The Hall–Kier alpha value is -4.00. The lowest BCUT2D eigenvalue weighted by Crippen LogP contribution is -2.57. The number of esters is 1. The Morgan fingerprint density at radius 2 is 1.71 bits per heavy atom. The predicted octanol–water partition coefficient (Wildman–Crippen LogP) is 6.54. The fourth-order valence-electron chi connectivity index (χ4n) is 6.54. The van der Waals surface area contributed by atoms with E-state index in [2.05, 4.69) is 18.3 Å². The van der Waals surface area contributed by atoms with Crippen molar-refractivity contribution < 1.29 is 28.5 Å². The first kappa shape index (κ1) is 28.5. The molecule has 0 aliphatic heterocycles. The van der Waals surface area contributed by atoms with Gasteiger partial charge in [0.15, 0.2) is 11.5 Å². The van der Waals surface area contributed by atoms with Crippen molar-refractivity contribution in [2.45, 2.75) is 69.9 Å². The summed E-state index contributed by atoms with van der Waals surface area (Å²) in [5, 5.41) is 3.26. The average molecular weight is 558 g/mol. The quantitative estimate of drug-likeness (QED) is 0.250. The SMILES string of the molecule is COc1ccc(CC(=O)Oc2ccc3c(c2)[C@@]2(C)CCCCC[C@@H](C3)[C@@H]2NC(=O)OCc2ccccc2)cc1OC. The minimum absolute atomic E-state index is 0.0729. The lowest BCUT2D eigenvalue weighted by molar-refractivity contribution is -0.133. The van der Waals surface area contributed by atoms with Crippen LogP contribution in [0.15, 0.2) is 66.7 Å². The zero-order valence-electron chi connectivity index (χ0n) is 24.1. The van der Waals surface area contributed by atoms with E-state index < -0.39 is 6.09 Å². The van der Waals surface area contributed by atoms with E-state index in [0.717, 1.165) is 48.8 Å². The zero-order chi connectivity index (χ0) is 28.8. The fraction of sp³-hybridized carbons (Fsp3) is 0.412. The number of methoxy groups -OCH3 is 2. The molecule has 1 N–H and O–H groups in total. The second-order valence-corrected chi connectivity index (χ2v) is 11.3. The van der Waals surface area contributed by atoms with Crippen LogP contribution in [0.2, 0.25) is 0 Å². The van der Waals surface area contributed by atoms with Crippen LogP contribution in [0.3, 0.4) is 0 Å². The summed E-state index contributed by atoms with van der Waals surface area (Å²) >= 11 is 0. The third-order valence-corrected chi connectivity index (χ3v) is 8.62. The molecular weight excluding hydrogens is 518 g/mol. The minimum Gasteiger partial charge on any atom is -0.493 e. The zero-order valence-corrected chi connectivity index (χ0v) is 24.1. The highest BCUT2D eigenvalue weighted by Gasteiger charge is 2.47. The first-order chi connectivity index (χ1) is 19.9. The lowest BCUT2D eigenvalue weighted by atomic mass is 9.59. The van der Waals surface area contributed by atoms with Crippen LogP contribution in [0.5, 0.6) is 17.2 Å². The Labute approximate surface area is 242 Å². The van der Waals surface area contributed by atoms with Crippen molar-refractivity contribution in [3.63, 3.8) is 0 Å². The molecule has 0 saturated heterocycles. The molecule has 0 heterocycles. The van der Waals surface area contributed by atoms with Gasteiger partial charge in [0, 0.05) is 11.5 Å². The Kier molecular flexibility index (Phi) is 8.81. The van der Waals surface area contributed by atoms with Crippen molar-refractivity contribution in [2.75, 3.05) is 14.2 Å². The number of hydrogen-bond donors (Lipinski definition) is 1. The van der Waals surface area contributed by atoms with Crippen molar-refractivity contribution in [3.8, 4) is 17.2 Å². The molecule has 7 heteroatoms. The number of rotatable bonds is 8. The van der Waals surface area contributed by atoms with Gasteiger partial charge < -0.3 is 24.3 Å². The van der Waals surface area contributed by atoms with E-state index in [1.54, 1.807) is 26.4 Å². The molecule has 1 fully saturated rings. The maximum Gasteiger partial charge on any atom is 0.407 e. The molecule has 7 nitrogen and oxygen atoms in total. The molecule has 41 heavy (non-hydrogen) atoms. The number of amides is 1. The second kappa shape index (κ2) is 12.7. The van der Waals surface area contributed by atoms with Crippen molar-refractivity contribution >= 4 is 12.1 Å². The number of carbonyl (C=O) groups excluding carboxylic acids is 2. The molecule has 3 aromatic carbocycles. The van der Waals surface area contributed by atoms with Crippen LogP contribution in [0.1, 0.15) is 61.3 Å². The molecule has 0 spiro atoms. The molecule has 0 aromatic heterocycles. The highest BCUT2D eigenvalue weighted by Crippen LogP contribution is 2.47. The van der Waals surface area contributed by atoms with Gasteiger partial charge in [0.1, 0.15) is 12.4 Å². The third-order valence-electron chi connectivity index (χ3n) is 8.62. The predicted molar refractivity (Wildman–Crippen MR) is 157 cm³/mol. The van der Waals surface area contributed by atoms with Gasteiger partial charge in [-0.15, -0.1) is 0 Å². The van der Waals surface area contributed by atoms with Crippen LogP contribution in [0.25, 0.3) is 0 Å². The van der Waals surface area contributed by atoms with Gasteiger partial charge in [-0.3, -0.25) is 4.79 Å². The Morgan fingerprint density at radius 3 is 2.49 bits per heavy atom. The number of alkyl carbamates (subject to hydrolysis) is 1. The van der Waals surface area contributed by atoms with Crippen LogP contribution < -0.4 is 19.5 Å². The molecule has 1 amide bonds. The number of hydrogen-bond acceptors (Lipinski definition) is 6. The summed E-state index contributed by atoms with van der Waals surface area (Å²) in [6, 6.07) is 21.0. The molecular formula is C34H39NO6.